The van der Waals surface area contributed by atoms with Crippen LogP contribution < -0.4 is 0 Å². The summed E-state index contributed by atoms with van der Waals surface area (Å²) in [5.74, 6) is -1.60. The molecule has 83 heavy (non-hydrogen) atoms. The summed E-state index contributed by atoms with van der Waals surface area (Å²) in [5, 5.41) is 0. The Balaban J connectivity index is 1.39. The number of unbranched alkanes of at least 4 members (excludes halogenated alkanes) is 2. The van der Waals surface area contributed by atoms with E-state index in [9.17, 15) is 14.4 Å². The molecule has 0 radical (unpaired) electrons. The van der Waals surface area contributed by atoms with Crippen molar-refractivity contribution < 1.29 is 79.9 Å². The van der Waals surface area contributed by atoms with Crippen LogP contribution in [0.5, 0.6) is 0 Å². The second-order valence-corrected chi connectivity index (χ2v) is 23.3. The van der Waals surface area contributed by atoms with E-state index < -0.39 is 93.2 Å². The highest BCUT2D eigenvalue weighted by molar-refractivity contribution is 7.48. The quantitative estimate of drug-likeness (QED) is 0.0215. The lowest BCUT2D eigenvalue weighted by molar-refractivity contribution is -0.370. The van der Waals surface area contributed by atoms with Crippen molar-refractivity contribution >= 4 is 25.5 Å². The van der Waals surface area contributed by atoms with Gasteiger partial charge in [0.1, 0.15) is 55.1 Å². The molecule has 17 nitrogen and oxygen atoms in total. The molecule has 0 N–H and O–H groups in total. The molecule has 0 amide bonds. The lowest BCUT2D eigenvalue weighted by Gasteiger charge is -2.50. The van der Waals surface area contributed by atoms with Gasteiger partial charge in [-0.25, -0.2) is 4.57 Å². The fraction of sp³-hybridized carbons (Fsp3) is 0.492. The minimum Gasteiger partial charge on any atom is -0.463 e. The van der Waals surface area contributed by atoms with Gasteiger partial charge in [0.15, 0.2) is 12.4 Å². The van der Waals surface area contributed by atoms with Crippen LogP contribution in [0.4, 0.5) is 0 Å². The summed E-state index contributed by atoms with van der Waals surface area (Å²) in [6.45, 7) is 10.4. The molecule has 0 aliphatic carbocycles. The Morgan fingerprint density at radius 2 is 0.904 bits per heavy atom. The Hall–Kier alpha value is -5.50. The van der Waals surface area contributed by atoms with E-state index in [4.69, 9.17) is 60.9 Å². The third-order valence-corrected chi connectivity index (χ3v) is 15.1. The Bertz CT molecular complexity index is 2680. The maximum absolute atomic E-state index is 15.1. The first-order valence-corrected chi connectivity index (χ1v) is 30.3. The SMILES string of the molecule is CCCCOP(=O)(OCCCC)O[C@@H]1O[C@H](COC(=O)CCC(C)=O)[C@@H](OCc2ccccc2)[C@H](O[C@@H]2O[C@H](COCc3ccccc3)[C@@H](OCc3ccccc3)[C@H](OCc3ccccc3)[C@H]2OCc2ccccc2)[C@H]1OC(=O)C(C)(C)C. The molecule has 7 rings (SSSR count). The Kier molecular flexibility index (Phi) is 26.5. The van der Waals surface area contributed by atoms with Crippen LogP contribution in [-0.2, 0) is 113 Å². The van der Waals surface area contributed by atoms with Crippen LogP contribution in [0.2, 0.25) is 0 Å². The molecule has 5 aromatic rings. The van der Waals surface area contributed by atoms with Crippen LogP contribution in [-0.4, -0.2) is 106 Å². The van der Waals surface area contributed by atoms with E-state index in [1.54, 1.807) is 20.8 Å². The van der Waals surface area contributed by atoms with Crippen molar-refractivity contribution in [3.63, 3.8) is 0 Å². The van der Waals surface area contributed by atoms with Gasteiger partial charge in [-0.05, 0) is 68.4 Å². The second kappa shape index (κ2) is 33.9. The van der Waals surface area contributed by atoms with Gasteiger partial charge in [0, 0.05) is 6.42 Å². The number of esters is 2. The first-order chi connectivity index (χ1) is 40.2. The Morgan fingerprint density at radius 3 is 1.35 bits per heavy atom. The first kappa shape index (κ1) is 65.1. The Labute approximate surface area is 489 Å². The summed E-state index contributed by atoms with van der Waals surface area (Å²) in [7, 11) is -4.57. The molecule has 2 aliphatic rings. The fourth-order valence-electron chi connectivity index (χ4n) is 9.05. The maximum atomic E-state index is 15.1. The zero-order valence-corrected chi connectivity index (χ0v) is 49.6. The van der Waals surface area contributed by atoms with Gasteiger partial charge in [0.25, 0.3) is 0 Å². The highest BCUT2D eigenvalue weighted by atomic mass is 31.2. The number of Topliss-reactive ketones (excluding diaryl/α,β-unsaturated/α-hetero) is 1. The van der Waals surface area contributed by atoms with Crippen molar-refractivity contribution in [2.75, 3.05) is 26.4 Å². The van der Waals surface area contributed by atoms with Crippen molar-refractivity contribution in [2.45, 2.75) is 175 Å². The van der Waals surface area contributed by atoms with Crippen LogP contribution in [0.15, 0.2) is 152 Å². The number of hydrogen-bond donors (Lipinski definition) is 0. The summed E-state index contributed by atoms with van der Waals surface area (Å²) in [6.07, 6.45) is -10.7. The van der Waals surface area contributed by atoms with E-state index >= 15 is 4.57 Å². The monoisotopic (exact) mass is 1170 g/mol. The van der Waals surface area contributed by atoms with E-state index in [0.29, 0.717) is 25.7 Å². The van der Waals surface area contributed by atoms with Gasteiger partial charge in [0.05, 0.1) is 64.7 Å². The predicted octanol–water partition coefficient (Wildman–Crippen LogP) is 12.0. The highest BCUT2D eigenvalue weighted by Gasteiger charge is 2.57. The Morgan fingerprint density at radius 1 is 0.494 bits per heavy atom. The molecule has 450 valence electrons. The van der Waals surface area contributed by atoms with Crippen molar-refractivity contribution in [2.24, 2.45) is 5.41 Å². The van der Waals surface area contributed by atoms with Crippen molar-refractivity contribution in [3.05, 3.63) is 179 Å². The summed E-state index contributed by atoms with van der Waals surface area (Å²) in [5.41, 5.74) is 3.16. The zero-order chi connectivity index (χ0) is 58.9. The molecule has 2 aliphatic heterocycles. The average molecular weight is 1170 g/mol. The first-order valence-electron chi connectivity index (χ1n) is 28.9. The van der Waals surface area contributed by atoms with E-state index in [1.807, 2.05) is 166 Å². The highest BCUT2D eigenvalue weighted by Crippen LogP contribution is 2.53. The molecular formula is C65H83O17P. The summed E-state index contributed by atoms with van der Waals surface area (Å²) >= 11 is 0. The largest absolute Gasteiger partial charge is 0.477 e. The molecule has 0 aromatic heterocycles. The molecule has 2 saturated heterocycles. The standard InChI is InChI=1S/C65H83O17P/c1-7-9-38-76-83(69,77-39-10-8-2)82-63-61(81-64(68)65(4,5)6)59(57(73-42-50-30-20-13-21-31-50)54(79-63)46-71-55(67)37-36-47(3)66)80-62-60(75-44-52-34-24-15-25-35-52)58(74-43-51-32-22-14-23-33-51)56(72-41-49-28-18-12-19-29-49)53(78-62)45-70-40-48-26-16-11-17-27-48/h11-35,53-54,56-63H,7-10,36-46H2,1-6H3/t53-,54-,56-,57-,58+,59+,60-,61-,62+,63+/m1/s1. The molecule has 0 spiro atoms. The number of ketones is 1. The van der Waals surface area contributed by atoms with Gasteiger partial charge in [0.2, 0.25) is 6.29 Å². The summed E-state index contributed by atoms with van der Waals surface area (Å²) < 4.78 is 102. The minimum atomic E-state index is -4.57. The number of rotatable bonds is 34. The van der Waals surface area contributed by atoms with Crippen molar-refractivity contribution in [3.8, 4) is 0 Å². The van der Waals surface area contributed by atoms with Crippen LogP contribution in [0.3, 0.4) is 0 Å². The number of phosphoric ester groups is 1. The smallest absolute Gasteiger partial charge is 0.463 e. The van der Waals surface area contributed by atoms with Gasteiger partial charge in [-0.1, -0.05) is 178 Å². The van der Waals surface area contributed by atoms with Crippen LogP contribution in [0, 0.1) is 5.41 Å². The lowest BCUT2D eigenvalue weighted by Crippen LogP contribution is -2.67. The van der Waals surface area contributed by atoms with Gasteiger partial charge < -0.3 is 52.2 Å². The maximum Gasteiger partial charge on any atom is 0.477 e. The predicted molar refractivity (Wildman–Crippen MR) is 309 cm³/mol. The summed E-state index contributed by atoms with van der Waals surface area (Å²) in [4.78, 5) is 40.1. The molecule has 0 saturated carbocycles. The van der Waals surface area contributed by atoms with Gasteiger partial charge in [-0.2, -0.15) is 0 Å². The number of carbonyl (C=O) groups is 3. The van der Waals surface area contributed by atoms with Gasteiger partial charge in [-0.15, -0.1) is 0 Å². The third-order valence-electron chi connectivity index (χ3n) is 13.7. The number of phosphoric acid groups is 1. The van der Waals surface area contributed by atoms with E-state index in [-0.39, 0.29) is 71.5 Å². The molecular weight excluding hydrogens is 1080 g/mol. The molecule has 2 fully saturated rings. The van der Waals surface area contributed by atoms with Crippen molar-refractivity contribution in [1.29, 1.82) is 0 Å². The minimum absolute atomic E-state index is 0.000950. The zero-order valence-electron chi connectivity index (χ0n) is 48.7. The topological polar surface area (TPSA) is 188 Å². The van der Waals surface area contributed by atoms with Crippen LogP contribution >= 0.6 is 7.82 Å². The molecule has 18 heteroatoms. The van der Waals surface area contributed by atoms with Crippen LogP contribution in [0.25, 0.3) is 0 Å². The number of benzene rings is 5. The molecule has 0 bridgehead atoms. The molecule has 2 heterocycles. The number of ether oxygens (including phenoxy) is 10. The van der Waals surface area contributed by atoms with Gasteiger partial charge in [-0.3, -0.25) is 23.2 Å². The lowest BCUT2D eigenvalue weighted by atomic mass is 9.94. The average Bonchev–Trinajstić information content (AvgIpc) is 3.67. The van der Waals surface area contributed by atoms with E-state index in [1.165, 1.54) is 6.92 Å². The number of hydrogen-bond acceptors (Lipinski definition) is 17. The number of carbonyl (C=O) groups excluding carboxylic acids is 3. The fourth-order valence-corrected chi connectivity index (χ4v) is 10.4. The molecule has 0 unspecified atom stereocenters. The normalized spacial score (nSPS) is 22.9. The van der Waals surface area contributed by atoms with Crippen LogP contribution in [0.1, 0.15) is 108 Å². The second-order valence-electron chi connectivity index (χ2n) is 21.7. The van der Waals surface area contributed by atoms with E-state index in [2.05, 4.69) is 0 Å². The molecule has 10 atom stereocenters. The third kappa shape index (κ3) is 21.2. The molecule has 5 aromatic carbocycles. The van der Waals surface area contributed by atoms with E-state index in [0.717, 1.165) is 27.8 Å². The van der Waals surface area contributed by atoms with Crippen molar-refractivity contribution in [1.82, 2.24) is 0 Å². The summed E-state index contributed by atoms with van der Waals surface area (Å²) in [6, 6.07) is 48.1. The van der Waals surface area contributed by atoms with Gasteiger partial charge >= 0.3 is 19.8 Å².